The SMILES string of the molecule is CC(C)C[C@H](C)C1CCC2C3CCC4C[C@@H](O)CC[C@]4(C)[C@H]3CC[C@@]21C. The molecule has 4 rings (SSSR count). The van der Waals surface area contributed by atoms with Gasteiger partial charge in [-0.2, -0.15) is 0 Å². The molecule has 1 nitrogen and oxygen atoms in total. The maximum atomic E-state index is 10.2. The molecule has 0 aromatic carbocycles. The first-order valence-electron chi connectivity index (χ1n) is 11.9. The Morgan fingerprint density at radius 3 is 2.27 bits per heavy atom. The van der Waals surface area contributed by atoms with E-state index in [0.717, 1.165) is 54.3 Å². The third kappa shape index (κ3) is 2.90. The molecule has 1 N–H and O–H groups in total. The van der Waals surface area contributed by atoms with Gasteiger partial charge in [-0.3, -0.25) is 0 Å². The van der Waals surface area contributed by atoms with Gasteiger partial charge in [0.2, 0.25) is 0 Å². The second-order valence-corrected chi connectivity index (χ2v) is 11.9. The van der Waals surface area contributed by atoms with Gasteiger partial charge in [-0.15, -0.1) is 0 Å². The van der Waals surface area contributed by atoms with Crippen LogP contribution in [0.25, 0.3) is 0 Å². The summed E-state index contributed by atoms with van der Waals surface area (Å²) in [6.45, 7) is 12.7. The van der Waals surface area contributed by atoms with Crippen LogP contribution in [0.1, 0.15) is 98.8 Å². The Morgan fingerprint density at radius 1 is 0.846 bits per heavy atom. The normalized spacial score (nSPS) is 52.3. The number of rotatable bonds is 3. The van der Waals surface area contributed by atoms with Crippen LogP contribution in [0.3, 0.4) is 0 Å². The van der Waals surface area contributed by atoms with Crippen LogP contribution < -0.4 is 0 Å². The highest BCUT2D eigenvalue weighted by Gasteiger charge is 2.60. The minimum Gasteiger partial charge on any atom is -0.393 e. The van der Waals surface area contributed by atoms with Crippen molar-refractivity contribution in [3.8, 4) is 0 Å². The summed E-state index contributed by atoms with van der Waals surface area (Å²) >= 11 is 0. The Kier molecular flexibility index (Phi) is 5.03. The van der Waals surface area contributed by atoms with E-state index >= 15 is 0 Å². The molecular weight excluding hydrogens is 316 g/mol. The zero-order chi connectivity index (χ0) is 18.7. The van der Waals surface area contributed by atoms with Gasteiger partial charge >= 0.3 is 0 Å². The molecule has 0 saturated heterocycles. The Balaban J connectivity index is 1.54. The Morgan fingerprint density at radius 2 is 1.54 bits per heavy atom. The maximum Gasteiger partial charge on any atom is 0.0543 e. The monoisotopic (exact) mass is 360 g/mol. The molecule has 0 radical (unpaired) electrons. The fraction of sp³-hybridized carbons (Fsp3) is 1.00. The molecule has 4 aliphatic rings. The van der Waals surface area contributed by atoms with E-state index in [0.29, 0.717) is 10.8 Å². The zero-order valence-electron chi connectivity index (χ0n) is 18.1. The topological polar surface area (TPSA) is 20.2 Å². The first-order chi connectivity index (χ1) is 12.3. The van der Waals surface area contributed by atoms with Crippen molar-refractivity contribution in [2.75, 3.05) is 0 Å². The van der Waals surface area contributed by atoms with Crippen molar-refractivity contribution >= 4 is 0 Å². The number of hydrogen-bond acceptors (Lipinski definition) is 1. The highest BCUT2D eigenvalue weighted by molar-refractivity contribution is 5.09. The molecule has 4 saturated carbocycles. The lowest BCUT2D eigenvalue weighted by molar-refractivity contribution is -0.129. The third-order valence-electron chi connectivity index (χ3n) is 10.2. The molecule has 0 amide bonds. The molecule has 0 aliphatic heterocycles. The van der Waals surface area contributed by atoms with Crippen molar-refractivity contribution in [3.05, 3.63) is 0 Å². The van der Waals surface area contributed by atoms with Crippen molar-refractivity contribution in [1.82, 2.24) is 0 Å². The van der Waals surface area contributed by atoms with Gasteiger partial charge in [0.15, 0.2) is 0 Å². The number of aliphatic hydroxyl groups is 1. The van der Waals surface area contributed by atoms with Gasteiger partial charge in [0.1, 0.15) is 0 Å². The largest absolute Gasteiger partial charge is 0.393 e. The zero-order valence-corrected chi connectivity index (χ0v) is 18.1. The molecule has 4 fully saturated rings. The first-order valence-corrected chi connectivity index (χ1v) is 11.9. The van der Waals surface area contributed by atoms with Crippen LogP contribution in [0.5, 0.6) is 0 Å². The van der Waals surface area contributed by atoms with Crippen molar-refractivity contribution in [2.45, 2.75) is 105 Å². The van der Waals surface area contributed by atoms with Gasteiger partial charge in [-0.05, 0) is 116 Å². The lowest BCUT2D eigenvalue weighted by atomic mass is 9.44. The van der Waals surface area contributed by atoms with Crippen LogP contribution in [0.15, 0.2) is 0 Å². The van der Waals surface area contributed by atoms with Gasteiger partial charge in [0.25, 0.3) is 0 Å². The van der Waals surface area contributed by atoms with Crippen LogP contribution in [0, 0.1) is 52.3 Å². The van der Waals surface area contributed by atoms with Gasteiger partial charge in [-0.1, -0.05) is 34.6 Å². The van der Waals surface area contributed by atoms with E-state index in [1.807, 2.05) is 0 Å². The van der Waals surface area contributed by atoms with E-state index in [2.05, 4.69) is 34.6 Å². The van der Waals surface area contributed by atoms with Gasteiger partial charge in [0, 0.05) is 0 Å². The highest BCUT2D eigenvalue weighted by atomic mass is 16.3. The van der Waals surface area contributed by atoms with Gasteiger partial charge < -0.3 is 5.11 Å². The van der Waals surface area contributed by atoms with Crippen molar-refractivity contribution in [1.29, 1.82) is 0 Å². The van der Waals surface area contributed by atoms with Crippen molar-refractivity contribution in [3.63, 3.8) is 0 Å². The molecule has 4 unspecified atom stereocenters. The molecule has 1 heteroatoms. The molecule has 4 aliphatic carbocycles. The molecule has 9 atom stereocenters. The quantitative estimate of drug-likeness (QED) is 0.594. The summed E-state index contributed by atoms with van der Waals surface area (Å²) < 4.78 is 0. The molecular formula is C25H44O. The fourth-order valence-electron chi connectivity index (χ4n) is 9.12. The summed E-state index contributed by atoms with van der Waals surface area (Å²) in [4.78, 5) is 0. The van der Waals surface area contributed by atoms with E-state index in [1.165, 1.54) is 51.4 Å². The fourth-order valence-corrected chi connectivity index (χ4v) is 9.12. The van der Waals surface area contributed by atoms with Gasteiger partial charge in [-0.25, -0.2) is 0 Å². The Labute approximate surface area is 162 Å². The molecule has 0 bridgehead atoms. The van der Waals surface area contributed by atoms with Crippen LogP contribution >= 0.6 is 0 Å². The summed E-state index contributed by atoms with van der Waals surface area (Å²) in [7, 11) is 0. The number of hydrogen-bond donors (Lipinski definition) is 1. The first kappa shape index (κ1) is 19.3. The predicted molar refractivity (Wildman–Crippen MR) is 110 cm³/mol. The van der Waals surface area contributed by atoms with Crippen LogP contribution in [0.4, 0.5) is 0 Å². The third-order valence-corrected chi connectivity index (χ3v) is 10.2. The maximum absolute atomic E-state index is 10.2. The van der Waals surface area contributed by atoms with Crippen LogP contribution in [-0.2, 0) is 0 Å². The summed E-state index contributed by atoms with van der Waals surface area (Å²) in [5.41, 5.74) is 1.15. The Hall–Kier alpha value is -0.0400. The van der Waals surface area contributed by atoms with Crippen molar-refractivity contribution in [2.24, 2.45) is 52.3 Å². The van der Waals surface area contributed by atoms with Crippen molar-refractivity contribution < 1.29 is 5.11 Å². The molecule has 0 heterocycles. The second-order valence-electron chi connectivity index (χ2n) is 11.9. The standard InChI is InChI=1S/C25H44O/c1-16(2)14-17(3)21-8-9-22-20-7-6-18-15-19(26)10-12-24(18,4)23(20)11-13-25(21,22)5/h16-23,26H,6-15H2,1-5H3/t17-,18?,19-,20?,21?,22?,23-,24-,25+/m0/s1. The van der Waals surface area contributed by atoms with Gasteiger partial charge in [0.05, 0.1) is 6.10 Å². The number of aliphatic hydroxyl groups excluding tert-OH is 1. The van der Waals surface area contributed by atoms with E-state index in [-0.39, 0.29) is 6.10 Å². The lowest BCUT2D eigenvalue weighted by Gasteiger charge is -2.61. The summed E-state index contributed by atoms with van der Waals surface area (Å²) in [5.74, 6) is 6.44. The second kappa shape index (κ2) is 6.78. The highest BCUT2D eigenvalue weighted by Crippen LogP contribution is 2.68. The van der Waals surface area contributed by atoms with E-state index in [1.54, 1.807) is 0 Å². The number of fused-ring (bicyclic) bond motifs is 5. The van der Waals surface area contributed by atoms with E-state index < -0.39 is 0 Å². The summed E-state index contributed by atoms with van der Waals surface area (Å²) in [6.07, 6.45) is 13.7. The van der Waals surface area contributed by atoms with Crippen LogP contribution in [0.2, 0.25) is 0 Å². The minimum atomic E-state index is -0.00812. The molecule has 0 aromatic rings. The minimum absolute atomic E-state index is 0.00812. The van der Waals surface area contributed by atoms with E-state index in [9.17, 15) is 5.11 Å². The summed E-state index contributed by atoms with van der Waals surface area (Å²) in [5, 5.41) is 10.2. The molecule has 0 spiro atoms. The molecule has 150 valence electrons. The smallest absolute Gasteiger partial charge is 0.0543 e. The molecule has 0 aromatic heterocycles. The summed E-state index contributed by atoms with van der Waals surface area (Å²) in [6, 6.07) is 0. The molecule has 26 heavy (non-hydrogen) atoms. The van der Waals surface area contributed by atoms with E-state index in [4.69, 9.17) is 0 Å². The predicted octanol–water partition coefficient (Wildman–Crippen LogP) is 6.69. The average Bonchev–Trinajstić information content (AvgIpc) is 2.92. The van der Waals surface area contributed by atoms with Crippen LogP contribution in [-0.4, -0.2) is 11.2 Å². The lowest BCUT2D eigenvalue weighted by Crippen LogP contribution is -2.54. The Bertz CT molecular complexity index is 512. The average molecular weight is 361 g/mol.